The molecule has 3 rings (SSSR count). The standard InChI is InChI=1S/C12H14ClN5/c1-12(2)6-10(12)18-11(15-16-17-18)8-4-3-7(13)5-9(8)14/h3-5,10H,6,14H2,1-2H3. The molecular formula is C12H14ClN5. The van der Waals surface area contributed by atoms with Gasteiger partial charge in [0.05, 0.1) is 6.04 Å². The SMILES string of the molecule is CC1(C)CC1n1nnnc1-c1ccc(Cl)cc1N. The van der Waals surface area contributed by atoms with E-state index in [9.17, 15) is 0 Å². The summed E-state index contributed by atoms with van der Waals surface area (Å²) >= 11 is 5.90. The number of rotatable bonds is 2. The normalized spacial score (nSPS) is 20.9. The number of tetrazole rings is 1. The van der Waals surface area contributed by atoms with Gasteiger partial charge in [0.25, 0.3) is 0 Å². The topological polar surface area (TPSA) is 69.6 Å². The maximum Gasteiger partial charge on any atom is 0.184 e. The van der Waals surface area contributed by atoms with Gasteiger partial charge in [-0.3, -0.25) is 0 Å². The summed E-state index contributed by atoms with van der Waals surface area (Å²) in [6.07, 6.45) is 1.08. The second-order valence-corrected chi connectivity index (χ2v) is 5.82. The van der Waals surface area contributed by atoms with E-state index < -0.39 is 0 Å². The van der Waals surface area contributed by atoms with Crippen LogP contribution >= 0.6 is 11.6 Å². The van der Waals surface area contributed by atoms with Crippen LogP contribution in [-0.4, -0.2) is 20.2 Å². The Hall–Kier alpha value is -1.62. The number of anilines is 1. The zero-order valence-electron chi connectivity index (χ0n) is 10.3. The summed E-state index contributed by atoms with van der Waals surface area (Å²) in [7, 11) is 0. The fourth-order valence-corrected chi connectivity index (χ4v) is 2.36. The van der Waals surface area contributed by atoms with E-state index in [0.717, 1.165) is 12.0 Å². The first-order valence-corrected chi connectivity index (χ1v) is 6.20. The molecule has 0 spiro atoms. The summed E-state index contributed by atoms with van der Waals surface area (Å²) in [5.41, 5.74) is 7.65. The Balaban J connectivity index is 2.05. The number of nitrogens with zero attached hydrogens (tertiary/aromatic N) is 4. The summed E-state index contributed by atoms with van der Waals surface area (Å²) in [5.74, 6) is 0.708. The summed E-state index contributed by atoms with van der Waals surface area (Å²) in [6, 6.07) is 5.71. The molecule has 1 aliphatic carbocycles. The third-order valence-electron chi connectivity index (χ3n) is 3.50. The van der Waals surface area contributed by atoms with Gasteiger partial charge in [0.2, 0.25) is 0 Å². The molecule has 0 radical (unpaired) electrons. The van der Waals surface area contributed by atoms with E-state index >= 15 is 0 Å². The van der Waals surface area contributed by atoms with Crippen molar-refractivity contribution < 1.29 is 0 Å². The van der Waals surface area contributed by atoms with Crippen molar-refractivity contribution in [3.8, 4) is 11.4 Å². The van der Waals surface area contributed by atoms with Gasteiger partial charge in [-0.2, -0.15) is 0 Å². The van der Waals surface area contributed by atoms with Crippen LogP contribution in [0.25, 0.3) is 11.4 Å². The van der Waals surface area contributed by atoms with Crippen molar-refractivity contribution in [1.29, 1.82) is 0 Å². The van der Waals surface area contributed by atoms with E-state index in [2.05, 4.69) is 29.4 Å². The number of halogens is 1. The Morgan fingerprint density at radius 2 is 2.17 bits per heavy atom. The van der Waals surface area contributed by atoms with Gasteiger partial charge in [-0.15, -0.1) is 5.10 Å². The number of nitrogen functional groups attached to an aromatic ring is 1. The zero-order chi connectivity index (χ0) is 12.9. The molecule has 94 valence electrons. The maximum atomic E-state index is 5.98. The van der Waals surface area contributed by atoms with Crippen LogP contribution in [0.5, 0.6) is 0 Å². The van der Waals surface area contributed by atoms with Gasteiger partial charge in [-0.05, 0) is 40.5 Å². The minimum Gasteiger partial charge on any atom is -0.398 e. The highest BCUT2D eigenvalue weighted by atomic mass is 35.5. The Morgan fingerprint density at radius 1 is 1.44 bits per heavy atom. The Kier molecular flexibility index (Phi) is 2.35. The van der Waals surface area contributed by atoms with Crippen molar-refractivity contribution in [2.24, 2.45) is 5.41 Å². The van der Waals surface area contributed by atoms with Crippen LogP contribution < -0.4 is 5.73 Å². The molecule has 1 aromatic heterocycles. The molecule has 6 heteroatoms. The van der Waals surface area contributed by atoms with Crippen molar-refractivity contribution in [3.05, 3.63) is 23.2 Å². The van der Waals surface area contributed by atoms with E-state index in [-0.39, 0.29) is 5.41 Å². The van der Waals surface area contributed by atoms with Gasteiger partial charge in [0.1, 0.15) is 0 Å². The minimum atomic E-state index is 0.255. The van der Waals surface area contributed by atoms with Crippen molar-refractivity contribution in [2.45, 2.75) is 26.3 Å². The lowest BCUT2D eigenvalue weighted by Crippen LogP contribution is -2.05. The third-order valence-corrected chi connectivity index (χ3v) is 3.74. The van der Waals surface area contributed by atoms with Gasteiger partial charge >= 0.3 is 0 Å². The molecule has 2 N–H and O–H groups in total. The molecule has 2 aromatic rings. The summed E-state index contributed by atoms with van der Waals surface area (Å²) in [5, 5.41) is 12.5. The molecule has 1 heterocycles. The molecule has 1 aromatic carbocycles. The first-order valence-electron chi connectivity index (χ1n) is 5.82. The Labute approximate surface area is 110 Å². The molecule has 1 fully saturated rings. The molecule has 18 heavy (non-hydrogen) atoms. The molecule has 1 aliphatic rings. The van der Waals surface area contributed by atoms with Crippen LogP contribution in [0.2, 0.25) is 5.02 Å². The van der Waals surface area contributed by atoms with Crippen LogP contribution in [0.3, 0.4) is 0 Å². The number of hydrogen-bond donors (Lipinski definition) is 1. The molecule has 0 aliphatic heterocycles. The summed E-state index contributed by atoms with van der Waals surface area (Å²) in [6.45, 7) is 4.41. The molecule has 1 unspecified atom stereocenters. The van der Waals surface area contributed by atoms with Crippen molar-refractivity contribution >= 4 is 17.3 Å². The van der Waals surface area contributed by atoms with Crippen LogP contribution in [-0.2, 0) is 0 Å². The minimum absolute atomic E-state index is 0.255. The number of aromatic nitrogens is 4. The monoisotopic (exact) mass is 263 g/mol. The van der Waals surface area contributed by atoms with E-state index in [4.69, 9.17) is 17.3 Å². The lowest BCUT2D eigenvalue weighted by molar-refractivity contribution is 0.497. The highest BCUT2D eigenvalue weighted by Crippen LogP contribution is 2.55. The highest BCUT2D eigenvalue weighted by Gasteiger charge is 2.49. The molecule has 1 saturated carbocycles. The summed E-state index contributed by atoms with van der Waals surface area (Å²) < 4.78 is 1.86. The molecule has 5 nitrogen and oxygen atoms in total. The van der Waals surface area contributed by atoms with Gasteiger partial charge in [-0.1, -0.05) is 25.4 Å². The lowest BCUT2D eigenvalue weighted by Gasteiger charge is -2.08. The molecule has 0 saturated heterocycles. The predicted molar refractivity (Wildman–Crippen MR) is 70.1 cm³/mol. The quantitative estimate of drug-likeness (QED) is 0.846. The zero-order valence-corrected chi connectivity index (χ0v) is 11.0. The van der Waals surface area contributed by atoms with Gasteiger partial charge < -0.3 is 5.73 Å². The van der Waals surface area contributed by atoms with E-state index in [1.54, 1.807) is 12.1 Å². The van der Waals surface area contributed by atoms with Gasteiger partial charge in [0.15, 0.2) is 5.82 Å². The maximum absolute atomic E-state index is 5.98. The van der Waals surface area contributed by atoms with Crippen LogP contribution in [0.15, 0.2) is 18.2 Å². The number of hydrogen-bond acceptors (Lipinski definition) is 4. The highest BCUT2D eigenvalue weighted by molar-refractivity contribution is 6.31. The van der Waals surface area contributed by atoms with Crippen LogP contribution in [0.4, 0.5) is 5.69 Å². The van der Waals surface area contributed by atoms with Crippen molar-refractivity contribution in [2.75, 3.05) is 5.73 Å². The fraction of sp³-hybridized carbons (Fsp3) is 0.417. The first-order chi connectivity index (χ1) is 8.49. The average Bonchev–Trinajstić information content (AvgIpc) is 2.74. The number of nitrogens with two attached hydrogens (primary N) is 1. The largest absolute Gasteiger partial charge is 0.398 e. The van der Waals surface area contributed by atoms with Crippen molar-refractivity contribution in [3.63, 3.8) is 0 Å². The van der Waals surface area contributed by atoms with Gasteiger partial charge in [0, 0.05) is 16.3 Å². The average molecular weight is 264 g/mol. The Bertz CT molecular complexity index is 604. The summed E-state index contributed by atoms with van der Waals surface area (Å²) in [4.78, 5) is 0. The second kappa shape index (κ2) is 3.68. The molecule has 1 atom stereocenters. The molecular weight excluding hydrogens is 250 g/mol. The van der Waals surface area contributed by atoms with Crippen molar-refractivity contribution in [1.82, 2.24) is 20.2 Å². The molecule has 0 amide bonds. The van der Waals surface area contributed by atoms with E-state index in [1.165, 1.54) is 0 Å². The van der Waals surface area contributed by atoms with Crippen LogP contribution in [0, 0.1) is 5.41 Å². The Morgan fingerprint density at radius 3 is 2.78 bits per heavy atom. The van der Waals surface area contributed by atoms with Crippen LogP contribution in [0.1, 0.15) is 26.3 Å². The van der Waals surface area contributed by atoms with E-state index in [0.29, 0.717) is 22.6 Å². The van der Waals surface area contributed by atoms with Gasteiger partial charge in [-0.25, -0.2) is 4.68 Å². The lowest BCUT2D eigenvalue weighted by atomic mass is 10.1. The fourth-order valence-electron chi connectivity index (χ4n) is 2.17. The van der Waals surface area contributed by atoms with E-state index in [1.807, 2.05) is 10.7 Å². The third kappa shape index (κ3) is 1.75. The number of benzene rings is 1. The second-order valence-electron chi connectivity index (χ2n) is 5.39. The smallest absolute Gasteiger partial charge is 0.184 e. The first kappa shape index (κ1) is 11.5. The molecule has 0 bridgehead atoms. The predicted octanol–water partition coefficient (Wildman–Crippen LogP) is 2.55.